The van der Waals surface area contributed by atoms with Crippen LogP contribution < -0.4 is 5.32 Å². The van der Waals surface area contributed by atoms with Crippen molar-refractivity contribution in [1.82, 2.24) is 9.88 Å². The van der Waals surface area contributed by atoms with Crippen LogP contribution >= 0.6 is 0 Å². The van der Waals surface area contributed by atoms with Crippen LogP contribution in [-0.2, 0) is 0 Å². The number of nitrogens with one attached hydrogen (secondary N) is 1. The van der Waals surface area contributed by atoms with Gasteiger partial charge in [-0.3, -0.25) is 9.59 Å². The van der Waals surface area contributed by atoms with Crippen molar-refractivity contribution in [3.63, 3.8) is 0 Å². The Morgan fingerprint density at radius 2 is 1.85 bits per heavy atom. The van der Waals surface area contributed by atoms with Gasteiger partial charge in [0.1, 0.15) is 5.52 Å². The number of aromatic nitrogens is 1. The van der Waals surface area contributed by atoms with Gasteiger partial charge in [0.15, 0.2) is 5.58 Å². The van der Waals surface area contributed by atoms with Crippen LogP contribution in [0.1, 0.15) is 33.6 Å². The Hall–Kier alpha value is -3.97. The highest BCUT2D eigenvalue weighted by Gasteiger charge is 2.23. The summed E-state index contributed by atoms with van der Waals surface area (Å²) in [5.41, 5.74) is 3.47. The molecule has 2 heterocycles. The third-order valence-corrected chi connectivity index (χ3v) is 5.72. The maximum Gasteiger partial charge on any atom is 0.255 e. The molecule has 4 aromatic rings. The largest absolute Gasteiger partial charge is 0.436 e. The number of hydrogen-bond donors (Lipinski definition) is 2. The van der Waals surface area contributed by atoms with Gasteiger partial charge in [0.25, 0.3) is 11.8 Å². The number of nitrogens with zero attached hydrogens (tertiary/aromatic N) is 2. The summed E-state index contributed by atoms with van der Waals surface area (Å²) in [4.78, 5) is 31.8. The summed E-state index contributed by atoms with van der Waals surface area (Å²) in [5.74, 6) is 0.0335. The van der Waals surface area contributed by atoms with E-state index in [-0.39, 0.29) is 11.8 Å². The number of benzene rings is 3. The maximum atomic E-state index is 12.9. The number of anilines is 1. The van der Waals surface area contributed by atoms with Crippen molar-refractivity contribution in [3.8, 4) is 11.5 Å². The van der Waals surface area contributed by atoms with E-state index in [4.69, 9.17) is 4.42 Å². The first-order chi connectivity index (χ1) is 16.1. The van der Waals surface area contributed by atoms with E-state index in [0.29, 0.717) is 53.3 Å². The summed E-state index contributed by atoms with van der Waals surface area (Å²) >= 11 is 0. The molecule has 3 aromatic carbocycles. The first-order valence-electron chi connectivity index (χ1n) is 10.9. The van der Waals surface area contributed by atoms with Crippen molar-refractivity contribution in [2.24, 2.45) is 0 Å². The summed E-state index contributed by atoms with van der Waals surface area (Å²) in [6, 6.07) is 21.5. The van der Waals surface area contributed by atoms with Crippen LogP contribution in [0.15, 0.2) is 77.2 Å². The van der Waals surface area contributed by atoms with E-state index in [9.17, 15) is 14.7 Å². The Morgan fingerprint density at radius 1 is 1.00 bits per heavy atom. The van der Waals surface area contributed by atoms with Gasteiger partial charge in [-0.05, 0) is 61.4 Å². The summed E-state index contributed by atoms with van der Waals surface area (Å²) in [5, 5.41) is 12.7. The highest BCUT2D eigenvalue weighted by molar-refractivity contribution is 6.06. The lowest BCUT2D eigenvalue weighted by Crippen LogP contribution is -2.42. The number of carbonyl (C=O) groups is 2. The molecule has 1 aromatic heterocycles. The average Bonchev–Trinajstić information content (AvgIpc) is 3.28. The van der Waals surface area contributed by atoms with Crippen LogP contribution in [0.25, 0.3) is 22.6 Å². The van der Waals surface area contributed by atoms with Gasteiger partial charge in [-0.15, -0.1) is 0 Å². The number of rotatable bonds is 4. The number of β-amino-alcohol motifs (C(OH)–C–C–N with tert-alkyl or cyclic N) is 1. The molecule has 1 aliphatic rings. The Balaban J connectivity index is 1.33. The summed E-state index contributed by atoms with van der Waals surface area (Å²) in [6.07, 6.45) is 1.00. The van der Waals surface area contributed by atoms with Gasteiger partial charge >= 0.3 is 0 Å². The number of piperidine rings is 1. The molecule has 0 aliphatic carbocycles. The lowest BCUT2D eigenvalue weighted by atomic mass is 10.1. The van der Waals surface area contributed by atoms with Crippen LogP contribution in [0, 0.1) is 0 Å². The molecule has 0 unspecified atom stereocenters. The van der Waals surface area contributed by atoms with Gasteiger partial charge in [0.05, 0.1) is 6.10 Å². The predicted octanol–water partition coefficient (Wildman–Crippen LogP) is 4.34. The quantitative estimate of drug-likeness (QED) is 0.491. The molecule has 33 heavy (non-hydrogen) atoms. The van der Waals surface area contributed by atoms with Crippen LogP contribution in [0.2, 0.25) is 0 Å². The fraction of sp³-hybridized carbons (Fsp3) is 0.192. The van der Waals surface area contributed by atoms with Gasteiger partial charge in [-0.25, -0.2) is 4.98 Å². The van der Waals surface area contributed by atoms with E-state index in [1.54, 1.807) is 47.4 Å². The fourth-order valence-corrected chi connectivity index (χ4v) is 4.03. The lowest BCUT2D eigenvalue weighted by molar-refractivity contribution is 0.0474. The number of aliphatic hydroxyl groups excluding tert-OH is 1. The second-order valence-electron chi connectivity index (χ2n) is 8.15. The molecule has 166 valence electrons. The second kappa shape index (κ2) is 8.88. The zero-order chi connectivity index (χ0) is 22.8. The number of aliphatic hydroxyl groups is 1. The van der Waals surface area contributed by atoms with E-state index >= 15 is 0 Å². The van der Waals surface area contributed by atoms with E-state index in [2.05, 4.69) is 10.3 Å². The van der Waals surface area contributed by atoms with E-state index < -0.39 is 6.10 Å². The highest BCUT2D eigenvalue weighted by Crippen LogP contribution is 2.25. The molecule has 2 amide bonds. The average molecular weight is 441 g/mol. The van der Waals surface area contributed by atoms with Crippen LogP contribution in [0.3, 0.4) is 0 Å². The number of hydrogen-bond acceptors (Lipinski definition) is 5. The third-order valence-electron chi connectivity index (χ3n) is 5.72. The molecule has 1 fully saturated rings. The van der Waals surface area contributed by atoms with Crippen LogP contribution in [-0.4, -0.2) is 46.0 Å². The minimum atomic E-state index is -0.487. The standard InChI is InChI=1S/C26H23N3O4/c30-21-10-5-13-29(16-21)26(32)19-8-4-9-20(14-19)27-24(31)18-11-12-22-23(15-18)33-25(28-22)17-6-2-1-3-7-17/h1-4,6-9,11-12,14-15,21,30H,5,10,13,16H2,(H,27,31)/t21-/m1/s1. The first-order valence-corrected chi connectivity index (χ1v) is 10.9. The van der Waals surface area contributed by atoms with Crippen LogP contribution in [0.5, 0.6) is 0 Å². The van der Waals surface area contributed by atoms with Crippen molar-refractivity contribution in [1.29, 1.82) is 0 Å². The normalized spacial score (nSPS) is 16.0. The third kappa shape index (κ3) is 4.49. The fourth-order valence-electron chi connectivity index (χ4n) is 4.03. The topological polar surface area (TPSA) is 95.7 Å². The summed E-state index contributed by atoms with van der Waals surface area (Å²) in [7, 11) is 0. The number of oxazole rings is 1. The molecule has 1 aliphatic heterocycles. The van der Waals surface area contributed by atoms with E-state index in [1.807, 2.05) is 30.3 Å². The van der Waals surface area contributed by atoms with Gasteiger partial charge < -0.3 is 19.7 Å². The molecule has 0 bridgehead atoms. The van der Waals surface area contributed by atoms with Gasteiger partial charge in [-0.1, -0.05) is 24.3 Å². The zero-order valence-electron chi connectivity index (χ0n) is 17.9. The molecule has 0 radical (unpaired) electrons. The molecule has 0 saturated carbocycles. The monoisotopic (exact) mass is 441 g/mol. The summed E-state index contributed by atoms with van der Waals surface area (Å²) in [6.45, 7) is 0.951. The number of likely N-dealkylation sites (tertiary alicyclic amines) is 1. The minimum Gasteiger partial charge on any atom is -0.436 e. The molecule has 7 heteroatoms. The molecular weight excluding hydrogens is 418 g/mol. The maximum absolute atomic E-state index is 12.9. The lowest BCUT2D eigenvalue weighted by Gasteiger charge is -2.30. The van der Waals surface area contributed by atoms with Crippen molar-refractivity contribution in [2.75, 3.05) is 18.4 Å². The molecule has 7 nitrogen and oxygen atoms in total. The molecule has 5 rings (SSSR count). The van der Waals surface area contributed by atoms with Crippen molar-refractivity contribution >= 4 is 28.6 Å². The summed E-state index contributed by atoms with van der Waals surface area (Å²) < 4.78 is 5.86. The van der Waals surface area contributed by atoms with E-state index in [1.165, 1.54) is 0 Å². The molecule has 1 atom stereocenters. The number of amides is 2. The zero-order valence-corrected chi connectivity index (χ0v) is 17.9. The number of fused-ring (bicyclic) bond motifs is 1. The Kier molecular flexibility index (Phi) is 5.62. The molecular formula is C26H23N3O4. The molecule has 2 N–H and O–H groups in total. The molecule has 1 saturated heterocycles. The predicted molar refractivity (Wildman–Crippen MR) is 125 cm³/mol. The Labute approximate surface area is 190 Å². The smallest absolute Gasteiger partial charge is 0.255 e. The molecule has 0 spiro atoms. The minimum absolute atomic E-state index is 0.152. The second-order valence-corrected chi connectivity index (χ2v) is 8.15. The Bertz CT molecular complexity index is 1320. The number of carbonyl (C=O) groups excluding carboxylic acids is 2. The van der Waals surface area contributed by atoms with Crippen molar-refractivity contribution in [3.05, 3.63) is 83.9 Å². The Morgan fingerprint density at radius 3 is 2.67 bits per heavy atom. The van der Waals surface area contributed by atoms with E-state index in [0.717, 1.165) is 12.0 Å². The SMILES string of the molecule is O=C(Nc1cccc(C(=O)N2CCC[C@@H](O)C2)c1)c1ccc2nc(-c3ccccc3)oc2c1. The van der Waals surface area contributed by atoms with Gasteiger partial charge in [0.2, 0.25) is 5.89 Å². The van der Waals surface area contributed by atoms with Gasteiger partial charge in [0, 0.05) is 35.5 Å². The highest BCUT2D eigenvalue weighted by atomic mass is 16.3. The van der Waals surface area contributed by atoms with Gasteiger partial charge in [-0.2, -0.15) is 0 Å². The first kappa shape index (κ1) is 20.9. The van der Waals surface area contributed by atoms with Crippen LogP contribution in [0.4, 0.5) is 5.69 Å². The van der Waals surface area contributed by atoms with Crippen molar-refractivity contribution in [2.45, 2.75) is 18.9 Å². The van der Waals surface area contributed by atoms with Crippen molar-refractivity contribution < 1.29 is 19.1 Å².